The van der Waals surface area contributed by atoms with Crippen molar-refractivity contribution in [3.8, 4) is 27.4 Å². The summed E-state index contributed by atoms with van der Waals surface area (Å²) >= 11 is 1.55. The van der Waals surface area contributed by atoms with E-state index in [2.05, 4.69) is 35.6 Å². The molecule has 9 rings (SSSR count). The van der Waals surface area contributed by atoms with Gasteiger partial charge in [-0.25, -0.2) is 37.5 Å². The Labute approximate surface area is 528 Å². The number of fused-ring (bicyclic) bond motifs is 1. The number of carbonyl (C=O) groups is 4. The summed E-state index contributed by atoms with van der Waals surface area (Å²) in [5, 5.41) is 26.6. The van der Waals surface area contributed by atoms with Gasteiger partial charge in [0.15, 0.2) is 23.0 Å². The van der Waals surface area contributed by atoms with Gasteiger partial charge in [-0.2, -0.15) is 0 Å². The van der Waals surface area contributed by atoms with Gasteiger partial charge in [-0.15, -0.1) is 11.3 Å². The molecule has 4 aromatic heterocycles. The van der Waals surface area contributed by atoms with Gasteiger partial charge in [0.25, 0.3) is 6.43 Å². The second-order valence-electron chi connectivity index (χ2n) is 24.1. The molecule has 2 aromatic carbocycles. The number of alkyl halides is 2. The van der Waals surface area contributed by atoms with Gasteiger partial charge in [0, 0.05) is 70.2 Å². The van der Waals surface area contributed by atoms with Crippen molar-refractivity contribution < 1.29 is 70.6 Å². The number of aliphatic hydroxyl groups excluding tert-OH is 2. The third kappa shape index (κ3) is 17.4. The van der Waals surface area contributed by atoms with E-state index in [0.29, 0.717) is 61.3 Å². The molecule has 0 radical (unpaired) electrons. The third-order valence-corrected chi connectivity index (χ3v) is 17.3. The van der Waals surface area contributed by atoms with E-state index < -0.39 is 77.1 Å². The number of amides is 4. The second kappa shape index (κ2) is 30.7. The smallest absolute Gasteiger partial charge is 0.265 e. The lowest BCUT2D eigenvalue weighted by Gasteiger charge is -2.44. The molecule has 91 heavy (non-hydrogen) atoms. The number of aliphatic hydroxyl groups is 2. The maximum Gasteiger partial charge on any atom is 0.265 e. The fraction of sp³-hybridized carbons (Fsp3) is 0.532. The van der Waals surface area contributed by atoms with Gasteiger partial charge in [-0.1, -0.05) is 45.0 Å². The molecule has 7 heterocycles. The van der Waals surface area contributed by atoms with Gasteiger partial charge < -0.3 is 75.3 Å². The lowest BCUT2D eigenvalue weighted by atomic mass is 9.84. The molecule has 6 aromatic rings. The number of nitrogens with zero attached hydrogens (tertiary/aromatic N) is 9. The Kier molecular flexibility index (Phi) is 22.9. The quantitative estimate of drug-likeness (QED) is 0.0284. The van der Waals surface area contributed by atoms with E-state index in [9.17, 15) is 38.2 Å². The highest BCUT2D eigenvalue weighted by atomic mass is 32.1. The number of piperidine rings is 2. The van der Waals surface area contributed by atoms with Crippen molar-refractivity contribution >= 4 is 57.6 Å². The molecule has 3 aliphatic heterocycles. The highest BCUT2D eigenvalue weighted by molar-refractivity contribution is 7.13. The van der Waals surface area contributed by atoms with E-state index in [1.165, 1.54) is 23.8 Å². The standard InChI is InChI=1S/C62H79F4N13O11S/c1-37-53(91-36-74-37)39-8-6-38(7-9-39)28-70-59(84)47-25-41(80)31-79(47)60(85)54(61(2,3)4)75-50(81)32-89-23-22-88-21-20-87-19-18-86-17-12-51(82)76-15-10-42(11-16-76)90-49-27-44(63)43(26-45(49)64)46-24-40(30-78-35-73-52-57(67)71-34-72-58(52)78)48(29-69-46)77-14-5-13-62(68,33-77)55(83)56(65)66/h6-9,24,26-27,29,34-36,41-42,47,54-56,80,83H,5,10-23,25,28,30-33,68H2,1-4H3,(H,70,84)(H,75,81)(H2,67,71,72)/t41-,47+,54-,55-,62-/m1/s1. The number of hydrogen-bond acceptors (Lipinski definition) is 20. The van der Waals surface area contributed by atoms with Crippen LogP contribution in [0.25, 0.3) is 32.9 Å². The average Bonchev–Trinajstić information content (AvgIpc) is 2.03. The molecule has 0 unspecified atom stereocenters. The highest BCUT2D eigenvalue weighted by Gasteiger charge is 2.45. The number of aromatic nitrogens is 6. The first kappa shape index (κ1) is 67.9. The molecule has 3 fully saturated rings. The second-order valence-corrected chi connectivity index (χ2v) is 24.9. The van der Waals surface area contributed by atoms with E-state index in [0.717, 1.165) is 33.8 Å². The molecule has 0 bridgehead atoms. The van der Waals surface area contributed by atoms with Crippen molar-refractivity contribution in [3.63, 3.8) is 0 Å². The number of thiazole rings is 1. The van der Waals surface area contributed by atoms with Gasteiger partial charge in [-0.05, 0) is 54.0 Å². The van der Waals surface area contributed by atoms with Crippen LogP contribution in [0.2, 0.25) is 0 Å². The SMILES string of the molecule is Cc1ncsc1-c1ccc(CNC(=O)[C@@H]2C[C@@H](O)CN2C(=O)[C@@H](NC(=O)COCCOCCOCCOCCC(=O)N2CCC(Oc3cc(F)c(-c4cc(Cn5cnc6c(N)ncnc65)c(N5CCC[C@](N)([C@H](O)C(F)F)C5)cn4)cc3F)CC2)C(C)(C)C)cc1. The van der Waals surface area contributed by atoms with Crippen molar-refractivity contribution in [2.24, 2.45) is 11.1 Å². The summed E-state index contributed by atoms with van der Waals surface area (Å²) in [6.07, 6.45) is -0.862. The number of aryl methyl sites for hydroxylation is 1. The number of nitrogens with one attached hydrogen (secondary N) is 2. The number of pyridine rings is 1. The Balaban J connectivity index is 0.640. The Bertz CT molecular complexity index is 3460. The molecular formula is C62H79F4N13O11S. The van der Waals surface area contributed by atoms with E-state index in [-0.39, 0.29) is 127 Å². The number of ether oxygens (including phenoxy) is 5. The number of anilines is 2. The van der Waals surface area contributed by atoms with Crippen LogP contribution in [0, 0.1) is 24.0 Å². The molecule has 4 amide bonds. The first-order valence-corrected chi connectivity index (χ1v) is 31.1. The monoisotopic (exact) mass is 1290 g/mol. The van der Waals surface area contributed by atoms with E-state index in [1.807, 2.05) is 31.2 Å². The molecule has 0 aliphatic carbocycles. The van der Waals surface area contributed by atoms with Crippen LogP contribution in [0.3, 0.4) is 0 Å². The number of rotatable bonds is 28. The molecule has 5 atom stereocenters. The van der Waals surface area contributed by atoms with Crippen LogP contribution in [0.5, 0.6) is 5.75 Å². The van der Waals surface area contributed by atoms with Crippen LogP contribution >= 0.6 is 11.3 Å². The van der Waals surface area contributed by atoms with Crippen LogP contribution in [0.15, 0.2) is 66.8 Å². The fourth-order valence-electron chi connectivity index (χ4n) is 11.4. The minimum atomic E-state index is -3.06. The Hall–Kier alpha value is -7.51. The Morgan fingerprint density at radius 2 is 1.59 bits per heavy atom. The molecule has 29 heteroatoms. The number of halogens is 4. The minimum Gasteiger partial charge on any atom is -0.487 e. The number of nitrogens with two attached hydrogens (primary N) is 2. The minimum absolute atomic E-state index is 0.0516. The maximum absolute atomic E-state index is 16.1. The summed E-state index contributed by atoms with van der Waals surface area (Å²) in [7, 11) is 0. The van der Waals surface area contributed by atoms with Crippen molar-refractivity contribution in [1.29, 1.82) is 0 Å². The first-order chi connectivity index (χ1) is 43.6. The number of nitrogen functional groups attached to an aromatic ring is 1. The molecule has 8 N–H and O–H groups in total. The van der Waals surface area contributed by atoms with Gasteiger partial charge in [0.05, 0.1) is 111 Å². The van der Waals surface area contributed by atoms with Crippen LogP contribution in [-0.4, -0.2) is 201 Å². The molecule has 3 aliphatic rings. The fourth-order valence-corrected chi connectivity index (χ4v) is 12.2. The zero-order valence-electron chi connectivity index (χ0n) is 51.3. The average molecular weight is 1290 g/mol. The van der Waals surface area contributed by atoms with E-state index in [1.54, 1.807) is 58.1 Å². The third-order valence-electron chi connectivity index (χ3n) is 16.4. The number of likely N-dealkylation sites (tertiary alicyclic amines) is 2. The van der Waals surface area contributed by atoms with Crippen LogP contribution < -0.4 is 31.7 Å². The zero-order valence-corrected chi connectivity index (χ0v) is 52.1. The van der Waals surface area contributed by atoms with Crippen LogP contribution in [0.4, 0.5) is 29.1 Å². The molecular weight excluding hydrogens is 1210 g/mol. The maximum atomic E-state index is 16.1. The highest BCUT2D eigenvalue weighted by Crippen LogP contribution is 2.36. The summed E-state index contributed by atoms with van der Waals surface area (Å²) in [6, 6.07) is 9.38. The number of carbonyl (C=O) groups excluding carboxylic acids is 4. The van der Waals surface area contributed by atoms with E-state index in [4.69, 9.17) is 35.2 Å². The Morgan fingerprint density at radius 3 is 2.27 bits per heavy atom. The Morgan fingerprint density at radius 1 is 0.890 bits per heavy atom. The predicted octanol–water partition coefficient (Wildman–Crippen LogP) is 4.79. The largest absolute Gasteiger partial charge is 0.487 e. The molecule has 0 saturated carbocycles. The van der Waals surface area contributed by atoms with Crippen LogP contribution in [-0.2, 0) is 51.2 Å². The molecule has 492 valence electrons. The summed E-state index contributed by atoms with van der Waals surface area (Å²) in [4.78, 5) is 80.8. The summed E-state index contributed by atoms with van der Waals surface area (Å²) in [6.45, 7) is 9.60. The summed E-state index contributed by atoms with van der Waals surface area (Å²) in [5.41, 5.74) is 16.3. The topological polar surface area (TPSA) is 310 Å². The number of hydrogen-bond donors (Lipinski definition) is 6. The van der Waals surface area contributed by atoms with Crippen molar-refractivity contribution in [2.45, 2.75) is 122 Å². The molecule has 3 saturated heterocycles. The van der Waals surface area contributed by atoms with Crippen molar-refractivity contribution in [1.82, 2.24) is 49.9 Å². The van der Waals surface area contributed by atoms with Gasteiger partial charge in [-0.3, -0.25) is 24.2 Å². The number of benzene rings is 2. The summed E-state index contributed by atoms with van der Waals surface area (Å²) in [5.74, 6) is -3.34. The molecule has 0 spiro atoms. The first-order valence-electron chi connectivity index (χ1n) is 30.3. The van der Waals surface area contributed by atoms with Gasteiger partial charge >= 0.3 is 0 Å². The van der Waals surface area contributed by atoms with E-state index >= 15 is 8.78 Å². The van der Waals surface area contributed by atoms with Gasteiger partial charge in [0.2, 0.25) is 23.6 Å². The number of imidazole rings is 1. The van der Waals surface area contributed by atoms with Crippen LogP contribution in [0.1, 0.15) is 76.1 Å². The van der Waals surface area contributed by atoms with Crippen molar-refractivity contribution in [2.75, 3.05) is 96.2 Å². The molecule has 24 nitrogen and oxygen atoms in total. The summed E-state index contributed by atoms with van der Waals surface area (Å²) < 4.78 is 89.3. The van der Waals surface area contributed by atoms with Crippen molar-refractivity contribution in [3.05, 3.63) is 95.3 Å². The number of β-amino-alcohol motifs (C(OH)–C–C–N with tert-alkyl or cyclic N) is 1. The lowest BCUT2D eigenvalue weighted by molar-refractivity contribution is -0.144. The van der Waals surface area contributed by atoms with Gasteiger partial charge in [0.1, 0.15) is 48.6 Å². The predicted molar refractivity (Wildman–Crippen MR) is 329 cm³/mol. The lowest BCUT2D eigenvalue weighted by Crippen LogP contribution is -2.63. The zero-order chi connectivity index (χ0) is 65.0. The normalized spacial score (nSPS) is 18.9.